The second-order valence-corrected chi connectivity index (χ2v) is 6.17. The van der Waals surface area contributed by atoms with Crippen molar-refractivity contribution in [2.45, 2.75) is 25.2 Å². The highest BCUT2D eigenvalue weighted by Crippen LogP contribution is 2.32. The lowest BCUT2D eigenvalue weighted by molar-refractivity contribution is -0.169. The van der Waals surface area contributed by atoms with Crippen LogP contribution in [0.3, 0.4) is 0 Å². The van der Waals surface area contributed by atoms with Crippen molar-refractivity contribution in [1.82, 2.24) is 9.97 Å². The molecule has 6 nitrogen and oxygen atoms in total. The molecule has 0 amide bonds. The minimum atomic E-state index is -0.349. The molecule has 126 valence electrons. The predicted molar refractivity (Wildman–Crippen MR) is 91.9 cm³/mol. The molecule has 0 radical (unpaired) electrons. The van der Waals surface area contributed by atoms with E-state index in [-0.39, 0.29) is 5.79 Å². The molecule has 6 heteroatoms. The molecule has 0 unspecified atom stereocenters. The van der Waals surface area contributed by atoms with E-state index in [0.717, 1.165) is 38.3 Å². The molecule has 0 atom stereocenters. The lowest BCUT2D eigenvalue weighted by Gasteiger charge is -2.38. The van der Waals surface area contributed by atoms with Crippen LogP contribution in [0.25, 0.3) is 0 Å². The van der Waals surface area contributed by atoms with Crippen LogP contribution in [0.1, 0.15) is 18.4 Å². The van der Waals surface area contributed by atoms with E-state index in [4.69, 9.17) is 9.47 Å². The molecule has 24 heavy (non-hydrogen) atoms. The SMILES string of the molecule is c1ccc(CNc2nccc(N3CCC4(CC3)OCCO4)n2)cc1. The summed E-state index contributed by atoms with van der Waals surface area (Å²) in [5.41, 5.74) is 1.21. The standard InChI is InChI=1S/C18H22N4O2/c1-2-4-15(5-3-1)14-20-17-19-9-6-16(21-17)22-10-7-18(8-11-22)23-12-13-24-18/h1-6,9H,7-8,10-14H2,(H,19,20,21). The highest BCUT2D eigenvalue weighted by Gasteiger charge is 2.40. The molecular formula is C18H22N4O2. The third-order valence-electron chi connectivity index (χ3n) is 4.60. The van der Waals surface area contributed by atoms with Gasteiger partial charge < -0.3 is 19.7 Å². The van der Waals surface area contributed by atoms with Gasteiger partial charge in [0.05, 0.1) is 13.2 Å². The van der Waals surface area contributed by atoms with Crippen LogP contribution in [-0.2, 0) is 16.0 Å². The van der Waals surface area contributed by atoms with E-state index in [2.05, 4.69) is 32.3 Å². The number of aromatic nitrogens is 2. The maximum Gasteiger partial charge on any atom is 0.224 e. The minimum Gasteiger partial charge on any atom is -0.356 e. The number of hydrogen-bond acceptors (Lipinski definition) is 6. The molecule has 3 heterocycles. The molecular weight excluding hydrogens is 304 g/mol. The van der Waals surface area contributed by atoms with Gasteiger partial charge >= 0.3 is 0 Å². The van der Waals surface area contributed by atoms with E-state index < -0.39 is 0 Å². The Hall–Kier alpha value is -2.18. The first kappa shape index (κ1) is 15.4. The molecule has 4 rings (SSSR count). The second-order valence-electron chi connectivity index (χ2n) is 6.17. The zero-order valence-corrected chi connectivity index (χ0v) is 13.6. The quantitative estimate of drug-likeness (QED) is 0.931. The fourth-order valence-corrected chi connectivity index (χ4v) is 3.25. The fraction of sp³-hybridized carbons (Fsp3) is 0.444. The van der Waals surface area contributed by atoms with Crippen molar-refractivity contribution in [3.05, 3.63) is 48.2 Å². The molecule has 2 aliphatic heterocycles. The molecule has 2 saturated heterocycles. The van der Waals surface area contributed by atoms with Crippen LogP contribution >= 0.6 is 0 Å². The van der Waals surface area contributed by atoms with E-state index >= 15 is 0 Å². The Bertz CT molecular complexity index is 664. The number of rotatable bonds is 4. The number of hydrogen-bond donors (Lipinski definition) is 1. The molecule has 1 aromatic heterocycles. The van der Waals surface area contributed by atoms with Crippen molar-refractivity contribution in [1.29, 1.82) is 0 Å². The Morgan fingerprint density at radius 2 is 1.79 bits per heavy atom. The smallest absolute Gasteiger partial charge is 0.224 e. The van der Waals surface area contributed by atoms with Crippen molar-refractivity contribution in [2.24, 2.45) is 0 Å². The lowest BCUT2D eigenvalue weighted by atomic mass is 10.0. The highest BCUT2D eigenvalue weighted by molar-refractivity contribution is 5.43. The van der Waals surface area contributed by atoms with Gasteiger partial charge in [-0.25, -0.2) is 4.98 Å². The molecule has 2 aromatic rings. The van der Waals surface area contributed by atoms with Crippen LogP contribution in [0.5, 0.6) is 0 Å². The summed E-state index contributed by atoms with van der Waals surface area (Å²) in [6.45, 7) is 3.90. The maximum absolute atomic E-state index is 5.78. The van der Waals surface area contributed by atoms with Gasteiger partial charge in [-0.15, -0.1) is 0 Å². The summed E-state index contributed by atoms with van der Waals surface area (Å²) < 4.78 is 11.6. The largest absolute Gasteiger partial charge is 0.356 e. The maximum atomic E-state index is 5.78. The Balaban J connectivity index is 1.38. The number of benzene rings is 1. The van der Waals surface area contributed by atoms with Crippen LogP contribution in [0.2, 0.25) is 0 Å². The average molecular weight is 326 g/mol. The number of nitrogens with zero attached hydrogens (tertiary/aromatic N) is 3. The first-order valence-corrected chi connectivity index (χ1v) is 8.47. The van der Waals surface area contributed by atoms with Gasteiger partial charge in [0.15, 0.2) is 5.79 Å². The monoisotopic (exact) mass is 326 g/mol. The van der Waals surface area contributed by atoms with Crippen molar-refractivity contribution in [3.63, 3.8) is 0 Å². The number of piperidine rings is 1. The molecule has 2 aliphatic rings. The van der Waals surface area contributed by atoms with Crippen LogP contribution in [-0.4, -0.2) is 42.1 Å². The predicted octanol–water partition coefficient (Wildman–Crippen LogP) is 2.43. The molecule has 0 bridgehead atoms. The zero-order valence-electron chi connectivity index (χ0n) is 13.6. The van der Waals surface area contributed by atoms with Gasteiger partial charge in [-0.2, -0.15) is 4.98 Å². The van der Waals surface area contributed by atoms with Crippen LogP contribution in [0, 0.1) is 0 Å². The van der Waals surface area contributed by atoms with Crippen LogP contribution in [0.15, 0.2) is 42.6 Å². The van der Waals surface area contributed by atoms with Gasteiger partial charge in [-0.05, 0) is 11.6 Å². The third-order valence-corrected chi connectivity index (χ3v) is 4.60. The van der Waals surface area contributed by atoms with Gasteiger partial charge in [0.2, 0.25) is 5.95 Å². The fourth-order valence-electron chi connectivity index (χ4n) is 3.25. The third kappa shape index (κ3) is 3.34. The molecule has 1 spiro atoms. The van der Waals surface area contributed by atoms with E-state index in [1.807, 2.05) is 30.5 Å². The lowest BCUT2D eigenvalue weighted by Crippen LogP contribution is -2.45. The topological polar surface area (TPSA) is 59.5 Å². The van der Waals surface area contributed by atoms with Crippen molar-refractivity contribution in [2.75, 3.05) is 36.5 Å². The molecule has 2 fully saturated rings. The number of nitrogens with one attached hydrogen (secondary N) is 1. The van der Waals surface area contributed by atoms with E-state index in [0.29, 0.717) is 19.2 Å². The van der Waals surface area contributed by atoms with Crippen molar-refractivity contribution in [3.8, 4) is 0 Å². The summed E-state index contributed by atoms with van der Waals surface area (Å²) in [5.74, 6) is 1.26. The van der Waals surface area contributed by atoms with Crippen molar-refractivity contribution < 1.29 is 9.47 Å². The second kappa shape index (κ2) is 6.75. The van der Waals surface area contributed by atoms with Gasteiger partial charge in [-0.3, -0.25) is 0 Å². The Kier molecular flexibility index (Phi) is 4.32. The molecule has 0 aliphatic carbocycles. The van der Waals surface area contributed by atoms with Gasteiger partial charge in [0.25, 0.3) is 0 Å². The summed E-state index contributed by atoms with van der Waals surface area (Å²) >= 11 is 0. The van der Waals surface area contributed by atoms with Crippen molar-refractivity contribution >= 4 is 11.8 Å². The highest BCUT2D eigenvalue weighted by atomic mass is 16.7. The summed E-state index contributed by atoms with van der Waals surface area (Å²) in [7, 11) is 0. The minimum absolute atomic E-state index is 0.349. The van der Waals surface area contributed by atoms with E-state index in [9.17, 15) is 0 Å². The number of anilines is 2. The summed E-state index contributed by atoms with van der Waals surface area (Å²) in [6.07, 6.45) is 3.57. The van der Waals surface area contributed by atoms with Gasteiger partial charge in [0, 0.05) is 38.7 Å². The van der Waals surface area contributed by atoms with E-state index in [1.54, 1.807) is 0 Å². The van der Waals surface area contributed by atoms with Gasteiger partial charge in [-0.1, -0.05) is 30.3 Å². The summed E-state index contributed by atoms with van der Waals surface area (Å²) in [6, 6.07) is 12.2. The molecule has 1 N–H and O–H groups in total. The summed E-state index contributed by atoms with van der Waals surface area (Å²) in [4.78, 5) is 11.2. The first-order valence-electron chi connectivity index (χ1n) is 8.47. The molecule has 0 saturated carbocycles. The normalized spacial score (nSPS) is 19.6. The van der Waals surface area contributed by atoms with Crippen LogP contribution < -0.4 is 10.2 Å². The average Bonchev–Trinajstić information content (AvgIpc) is 3.10. The Morgan fingerprint density at radius 1 is 1.04 bits per heavy atom. The van der Waals surface area contributed by atoms with Gasteiger partial charge in [0.1, 0.15) is 5.82 Å². The first-order chi connectivity index (χ1) is 11.8. The Morgan fingerprint density at radius 3 is 2.54 bits per heavy atom. The molecule has 1 aromatic carbocycles. The van der Waals surface area contributed by atoms with Crippen LogP contribution in [0.4, 0.5) is 11.8 Å². The number of ether oxygens (including phenoxy) is 2. The van der Waals surface area contributed by atoms with E-state index in [1.165, 1.54) is 5.56 Å². The summed E-state index contributed by atoms with van der Waals surface area (Å²) in [5, 5.41) is 3.29. The zero-order chi connectivity index (χ0) is 16.2. The Labute approximate surface area is 141 Å².